The Kier molecular flexibility index (Phi) is 30.0. The maximum atomic E-state index is 10.2. The van der Waals surface area contributed by atoms with Crippen LogP contribution in [0.25, 0.3) is 0 Å². The molecule has 0 aromatic carbocycles. The van der Waals surface area contributed by atoms with E-state index in [9.17, 15) is 9.90 Å². The summed E-state index contributed by atoms with van der Waals surface area (Å²) in [4.78, 5) is 10.2. The number of carbonyl (C=O) groups excluding carboxylic acids is 1. The first-order valence-corrected chi connectivity index (χ1v) is 8.68. The fraction of sp³-hybridized carbons (Fsp3) is 0.938. The Bertz CT molecular complexity index is 228. The van der Waals surface area contributed by atoms with Gasteiger partial charge in [0.25, 0.3) is 0 Å². The number of carboxylic acids is 1. The number of carboxylic acid groups (broad SMARTS) is 1. The van der Waals surface area contributed by atoms with Crippen molar-refractivity contribution in [2.75, 3.05) is 0 Å². The molecule has 132 valence electrons. The van der Waals surface area contributed by atoms with Crippen molar-refractivity contribution in [1.82, 2.24) is 0 Å². The second-order valence-electron chi connectivity index (χ2n) is 5.65. The number of unbranched alkanes of at least 4 members (excludes halogenated alkanes) is 12. The van der Waals surface area contributed by atoms with Gasteiger partial charge in [0.05, 0.1) is 0 Å². The number of carbonyl (C=O) groups is 1. The molecule has 0 fully saturated rings. The first-order valence-electron chi connectivity index (χ1n) is 8.68. The molecule has 23 heavy (non-hydrogen) atoms. The van der Waals surface area contributed by atoms with Crippen molar-refractivity contribution in [3.8, 4) is 0 Å². The van der Waals surface area contributed by atoms with Crippen LogP contribution in [0, 0.1) is 0 Å². The topological polar surface area (TPSA) is 109 Å². The maximum Gasteiger partial charge on any atom is 4.00 e. The number of hydrogen-bond acceptors (Lipinski definition) is 5. The summed E-state index contributed by atoms with van der Waals surface area (Å²) in [5.41, 5.74) is 0. The molecule has 0 amide bonds. The van der Waals surface area contributed by atoms with E-state index < -0.39 is 13.3 Å². The van der Waals surface area contributed by atoms with E-state index in [1.165, 1.54) is 70.6 Å². The summed E-state index contributed by atoms with van der Waals surface area (Å²) >= 11 is 0. The molecule has 0 spiro atoms. The van der Waals surface area contributed by atoms with E-state index in [4.69, 9.17) is 15.1 Å². The van der Waals surface area contributed by atoms with Crippen LogP contribution in [0.15, 0.2) is 0 Å². The maximum absolute atomic E-state index is 10.2. The Morgan fingerprint density at radius 3 is 1.22 bits per heavy atom. The third-order valence-electron chi connectivity index (χ3n) is 3.48. The van der Waals surface area contributed by atoms with Crippen molar-refractivity contribution in [3.05, 3.63) is 0 Å². The summed E-state index contributed by atoms with van der Waals surface area (Å²) in [6.07, 6.45) is 16.9. The fourth-order valence-electron chi connectivity index (χ4n) is 2.29. The monoisotopic (exact) mass is 404 g/mol. The Morgan fingerprint density at radius 2 is 0.957 bits per heavy atom. The molecule has 0 atom stereocenters. The first-order chi connectivity index (χ1) is 10.5. The van der Waals surface area contributed by atoms with Crippen LogP contribution in [0.1, 0.15) is 96.8 Å². The summed E-state index contributed by atoms with van der Waals surface area (Å²) in [6.45, 7) is 2.26. The molecule has 0 radical (unpaired) electrons. The van der Waals surface area contributed by atoms with Gasteiger partial charge in [-0.15, -0.1) is 0 Å². The van der Waals surface area contributed by atoms with Crippen LogP contribution in [0.4, 0.5) is 0 Å². The summed E-state index contributed by atoms with van der Waals surface area (Å²) in [7, 11) is -2.92. The van der Waals surface area contributed by atoms with Crippen LogP contribution in [-0.2, 0) is 31.0 Å². The third-order valence-corrected chi connectivity index (χ3v) is 3.48. The second kappa shape index (κ2) is 24.5. The van der Waals surface area contributed by atoms with Gasteiger partial charge in [0.1, 0.15) is 0 Å². The van der Waals surface area contributed by atoms with Crippen molar-refractivity contribution in [3.63, 3.8) is 0 Å². The molecular formula is C16H31BO5Zr. The van der Waals surface area contributed by atoms with Gasteiger partial charge in [-0.05, 0) is 12.8 Å². The Labute approximate surface area is 161 Å². The molecule has 0 bridgehead atoms. The minimum Gasteiger partial charge on any atom is -0.907 e. The van der Waals surface area contributed by atoms with Crippen molar-refractivity contribution in [2.24, 2.45) is 0 Å². The molecule has 0 aromatic heterocycles. The molecule has 0 aliphatic heterocycles. The zero-order chi connectivity index (χ0) is 17.1. The van der Waals surface area contributed by atoms with Crippen molar-refractivity contribution in [1.29, 1.82) is 0 Å². The third kappa shape index (κ3) is 39.3. The molecule has 0 aromatic rings. The zero-order valence-corrected chi connectivity index (χ0v) is 17.0. The van der Waals surface area contributed by atoms with Gasteiger partial charge >= 0.3 is 26.2 Å². The molecule has 7 heteroatoms. The molecule has 0 aliphatic carbocycles. The average molecular weight is 405 g/mol. The van der Waals surface area contributed by atoms with Gasteiger partial charge in [-0.25, -0.2) is 0 Å². The number of rotatable bonds is 14. The molecule has 5 nitrogen and oxygen atoms in total. The summed E-state index contributed by atoms with van der Waals surface area (Å²) in [5, 5.41) is 35.4. The predicted octanol–water partition coefficient (Wildman–Crippen LogP) is 0.267. The van der Waals surface area contributed by atoms with Crippen molar-refractivity contribution >= 4 is 13.3 Å². The number of hydrogen-bond donors (Lipinski definition) is 0. The van der Waals surface area contributed by atoms with E-state index in [1.807, 2.05) is 0 Å². The normalized spacial score (nSPS) is 9.57. The molecule has 0 N–H and O–H groups in total. The van der Waals surface area contributed by atoms with E-state index in [-0.39, 0.29) is 32.6 Å². The molecule has 0 unspecified atom stereocenters. The van der Waals surface area contributed by atoms with Crippen LogP contribution in [0.5, 0.6) is 0 Å². The molecule has 0 heterocycles. The van der Waals surface area contributed by atoms with E-state index in [0.717, 1.165) is 12.8 Å². The summed E-state index contributed by atoms with van der Waals surface area (Å²) < 4.78 is 0. The van der Waals surface area contributed by atoms with Crippen LogP contribution in [0.3, 0.4) is 0 Å². The smallest absolute Gasteiger partial charge is 0.907 e. The zero-order valence-electron chi connectivity index (χ0n) is 14.5. The predicted molar refractivity (Wildman–Crippen MR) is 81.1 cm³/mol. The number of aliphatic carboxylic acids is 1. The molecule has 0 rings (SSSR count). The van der Waals surface area contributed by atoms with E-state index in [1.54, 1.807) is 0 Å². The van der Waals surface area contributed by atoms with Crippen LogP contribution in [0.2, 0.25) is 0 Å². The van der Waals surface area contributed by atoms with E-state index in [2.05, 4.69) is 6.92 Å². The van der Waals surface area contributed by atoms with Crippen molar-refractivity contribution in [2.45, 2.75) is 96.8 Å². The minimum absolute atomic E-state index is 0. The van der Waals surface area contributed by atoms with Crippen LogP contribution >= 0.6 is 0 Å². The second-order valence-corrected chi connectivity index (χ2v) is 5.65. The van der Waals surface area contributed by atoms with Gasteiger partial charge in [-0.2, -0.15) is 0 Å². The first kappa shape index (κ1) is 28.1. The Balaban J connectivity index is -0.000000712. The van der Waals surface area contributed by atoms with Crippen LogP contribution < -0.4 is 20.2 Å². The van der Waals surface area contributed by atoms with Gasteiger partial charge in [0, 0.05) is 5.97 Å². The molecule has 0 saturated carbocycles. The van der Waals surface area contributed by atoms with Gasteiger partial charge in [-0.3, -0.25) is 7.32 Å². The Hall–Kier alpha value is 0.298. The van der Waals surface area contributed by atoms with Gasteiger partial charge < -0.3 is 25.0 Å². The minimum atomic E-state index is -2.92. The largest absolute Gasteiger partial charge is 4.00 e. The summed E-state index contributed by atoms with van der Waals surface area (Å²) in [6, 6.07) is 0. The van der Waals surface area contributed by atoms with Gasteiger partial charge in [-0.1, -0.05) is 84.0 Å². The van der Waals surface area contributed by atoms with Gasteiger partial charge in [0.2, 0.25) is 0 Å². The Morgan fingerprint density at radius 1 is 0.696 bits per heavy atom. The summed E-state index contributed by atoms with van der Waals surface area (Å²) in [5.74, 6) is -0.905. The van der Waals surface area contributed by atoms with Crippen molar-refractivity contribution < 1.29 is 51.2 Å². The molecular weight excluding hydrogens is 374 g/mol. The standard InChI is InChI=1S/C16H32O2.BO3.Zr/c1-2-3-4-5-6-7-8-9-10-11-12-13-14-15-16(17)18;2-1(3)4;/h2-15H2,1H3,(H,17,18);;/q;-3;+4/p-1. The van der Waals surface area contributed by atoms with E-state index in [0.29, 0.717) is 0 Å². The van der Waals surface area contributed by atoms with E-state index >= 15 is 0 Å². The SMILES string of the molecule is CCCCCCCCCCCCCCCC(=O)[O-].[O-]B([O-])[O-].[Zr+4]. The van der Waals surface area contributed by atoms with Gasteiger partial charge in [0.15, 0.2) is 0 Å². The van der Waals surface area contributed by atoms with Crippen LogP contribution in [-0.4, -0.2) is 13.3 Å². The average Bonchev–Trinajstić information content (AvgIpc) is 2.43. The molecule has 0 aliphatic rings. The molecule has 0 saturated heterocycles. The quantitative estimate of drug-likeness (QED) is 0.304. The fourth-order valence-corrected chi connectivity index (χ4v) is 2.29.